The minimum absolute atomic E-state index is 0.0716. The SMILES string of the molecule is C[C@H]1[C@H](OCc2ccccc2)[C@H](OCc2ccccc2)[C@@H](Sc2ccccc2)OC[C@H]1C. The van der Waals surface area contributed by atoms with Gasteiger partial charge in [0.15, 0.2) is 0 Å². The molecule has 1 fully saturated rings. The van der Waals surface area contributed by atoms with Crippen molar-refractivity contribution in [2.24, 2.45) is 11.8 Å². The summed E-state index contributed by atoms with van der Waals surface area (Å²) in [6.45, 7) is 6.30. The number of hydrogen-bond acceptors (Lipinski definition) is 4. The molecule has 4 rings (SSSR count). The Labute approximate surface area is 196 Å². The highest BCUT2D eigenvalue weighted by atomic mass is 32.2. The van der Waals surface area contributed by atoms with Gasteiger partial charge in [-0.15, -0.1) is 0 Å². The Balaban J connectivity index is 1.57. The third-order valence-electron chi connectivity index (χ3n) is 6.10. The zero-order valence-electron chi connectivity index (χ0n) is 18.8. The van der Waals surface area contributed by atoms with Crippen LogP contribution in [0.15, 0.2) is 95.9 Å². The van der Waals surface area contributed by atoms with E-state index >= 15 is 0 Å². The summed E-state index contributed by atoms with van der Waals surface area (Å²) in [5, 5.41) is 0. The maximum Gasteiger partial charge on any atom is 0.136 e. The molecule has 4 heteroatoms. The summed E-state index contributed by atoms with van der Waals surface area (Å²) in [5.74, 6) is 0.681. The molecule has 0 aromatic heterocycles. The first-order valence-electron chi connectivity index (χ1n) is 11.3. The number of thioether (sulfide) groups is 1. The molecule has 1 aliphatic heterocycles. The highest BCUT2D eigenvalue weighted by molar-refractivity contribution is 7.99. The number of hydrogen-bond donors (Lipinski definition) is 0. The van der Waals surface area contributed by atoms with Crippen LogP contribution in [0.2, 0.25) is 0 Å². The van der Waals surface area contributed by atoms with Gasteiger partial charge in [-0.3, -0.25) is 0 Å². The normalized spacial score (nSPS) is 25.9. The lowest BCUT2D eigenvalue weighted by atomic mass is 9.89. The molecule has 0 spiro atoms. The van der Waals surface area contributed by atoms with E-state index in [-0.39, 0.29) is 17.6 Å². The van der Waals surface area contributed by atoms with Crippen LogP contribution < -0.4 is 0 Å². The van der Waals surface area contributed by atoms with Gasteiger partial charge in [0, 0.05) is 4.90 Å². The van der Waals surface area contributed by atoms with Crippen LogP contribution >= 0.6 is 11.8 Å². The van der Waals surface area contributed by atoms with Crippen LogP contribution in [0.5, 0.6) is 0 Å². The average molecular weight is 449 g/mol. The van der Waals surface area contributed by atoms with E-state index in [1.54, 1.807) is 11.8 Å². The molecule has 0 radical (unpaired) electrons. The van der Waals surface area contributed by atoms with E-state index in [9.17, 15) is 0 Å². The molecule has 1 heterocycles. The molecule has 0 saturated carbocycles. The van der Waals surface area contributed by atoms with Gasteiger partial charge in [0.25, 0.3) is 0 Å². The predicted molar refractivity (Wildman–Crippen MR) is 130 cm³/mol. The summed E-state index contributed by atoms with van der Waals surface area (Å²) in [6.07, 6.45) is -0.262. The van der Waals surface area contributed by atoms with Gasteiger partial charge in [0.2, 0.25) is 0 Å². The summed E-state index contributed by atoms with van der Waals surface area (Å²) < 4.78 is 19.6. The Morgan fingerprint density at radius 2 is 1.22 bits per heavy atom. The van der Waals surface area contributed by atoms with Gasteiger partial charge in [-0.2, -0.15) is 0 Å². The van der Waals surface area contributed by atoms with Crippen molar-refractivity contribution in [1.82, 2.24) is 0 Å². The molecule has 0 unspecified atom stereocenters. The Kier molecular flexibility index (Phi) is 8.41. The summed E-state index contributed by atoms with van der Waals surface area (Å²) in [5.41, 5.74) is 2.18. The average Bonchev–Trinajstić information content (AvgIpc) is 2.95. The van der Waals surface area contributed by atoms with E-state index in [1.165, 1.54) is 10.5 Å². The van der Waals surface area contributed by atoms with Crippen LogP contribution in [0, 0.1) is 11.8 Å². The molecule has 0 bridgehead atoms. The van der Waals surface area contributed by atoms with Crippen LogP contribution in [0.3, 0.4) is 0 Å². The van der Waals surface area contributed by atoms with Gasteiger partial charge in [0.1, 0.15) is 11.5 Å². The topological polar surface area (TPSA) is 27.7 Å². The van der Waals surface area contributed by atoms with Crippen LogP contribution in [-0.4, -0.2) is 24.3 Å². The third kappa shape index (κ3) is 6.23. The molecular formula is C28H32O3S. The maximum absolute atomic E-state index is 6.58. The summed E-state index contributed by atoms with van der Waals surface area (Å²) >= 11 is 1.72. The van der Waals surface area contributed by atoms with Gasteiger partial charge in [-0.05, 0) is 35.1 Å². The zero-order valence-corrected chi connectivity index (χ0v) is 19.6. The quantitative estimate of drug-likeness (QED) is 0.389. The molecule has 0 aliphatic carbocycles. The van der Waals surface area contributed by atoms with Gasteiger partial charge in [-0.25, -0.2) is 0 Å². The fourth-order valence-electron chi connectivity index (χ4n) is 3.96. The van der Waals surface area contributed by atoms with Crippen molar-refractivity contribution < 1.29 is 14.2 Å². The van der Waals surface area contributed by atoms with Gasteiger partial charge >= 0.3 is 0 Å². The highest BCUT2D eigenvalue weighted by Crippen LogP contribution is 2.37. The van der Waals surface area contributed by atoms with Crippen molar-refractivity contribution in [2.75, 3.05) is 6.61 Å². The lowest BCUT2D eigenvalue weighted by molar-refractivity contribution is -0.124. The molecule has 3 aromatic carbocycles. The maximum atomic E-state index is 6.58. The number of rotatable bonds is 8. The zero-order chi connectivity index (χ0) is 22.2. The van der Waals surface area contributed by atoms with Crippen molar-refractivity contribution >= 4 is 11.8 Å². The van der Waals surface area contributed by atoms with Crippen LogP contribution in [-0.2, 0) is 27.4 Å². The van der Waals surface area contributed by atoms with Crippen LogP contribution in [0.25, 0.3) is 0 Å². The fourth-order valence-corrected chi connectivity index (χ4v) is 5.06. The van der Waals surface area contributed by atoms with E-state index in [0.29, 0.717) is 31.7 Å². The molecule has 32 heavy (non-hydrogen) atoms. The van der Waals surface area contributed by atoms with Crippen molar-refractivity contribution in [1.29, 1.82) is 0 Å². The highest BCUT2D eigenvalue weighted by Gasteiger charge is 2.41. The Morgan fingerprint density at radius 1 is 0.719 bits per heavy atom. The first-order chi connectivity index (χ1) is 15.7. The van der Waals surface area contributed by atoms with Gasteiger partial charge < -0.3 is 14.2 Å². The summed E-state index contributed by atoms with van der Waals surface area (Å²) in [6, 6.07) is 31.1. The lowest BCUT2D eigenvalue weighted by Crippen LogP contribution is -2.43. The van der Waals surface area contributed by atoms with E-state index in [0.717, 1.165) is 5.56 Å². The Hall–Kier alpha value is -2.11. The predicted octanol–water partition coefficient (Wildman–Crippen LogP) is 6.58. The van der Waals surface area contributed by atoms with E-state index in [2.05, 4.69) is 74.5 Å². The van der Waals surface area contributed by atoms with E-state index < -0.39 is 0 Å². The molecular weight excluding hydrogens is 416 g/mol. The minimum atomic E-state index is -0.191. The molecule has 0 amide bonds. The van der Waals surface area contributed by atoms with E-state index in [1.807, 2.05) is 30.3 Å². The van der Waals surface area contributed by atoms with Crippen molar-refractivity contribution in [3.8, 4) is 0 Å². The Morgan fingerprint density at radius 3 is 1.78 bits per heavy atom. The fraction of sp³-hybridized carbons (Fsp3) is 0.357. The largest absolute Gasteiger partial charge is 0.370 e. The summed E-state index contributed by atoms with van der Waals surface area (Å²) in [4.78, 5) is 1.18. The second-order valence-corrected chi connectivity index (χ2v) is 9.66. The molecule has 3 aromatic rings. The smallest absolute Gasteiger partial charge is 0.136 e. The van der Waals surface area contributed by atoms with Gasteiger partial charge in [-0.1, -0.05) is 104 Å². The van der Waals surface area contributed by atoms with E-state index in [4.69, 9.17) is 14.2 Å². The first kappa shape index (κ1) is 23.1. The van der Waals surface area contributed by atoms with Crippen LogP contribution in [0.1, 0.15) is 25.0 Å². The standard InChI is InChI=1S/C28H32O3S/c1-21-18-31-28(32-25-16-10-5-11-17-25)27(30-20-24-14-8-4-9-15-24)26(22(21)2)29-19-23-12-6-3-7-13-23/h3-17,21-22,26-28H,18-20H2,1-2H3/t21-,22-,26+,27+,28-/m1/s1. The second-order valence-electron chi connectivity index (χ2n) is 8.49. The molecule has 1 saturated heterocycles. The number of ether oxygens (including phenoxy) is 3. The monoisotopic (exact) mass is 448 g/mol. The molecule has 1 aliphatic rings. The molecule has 3 nitrogen and oxygen atoms in total. The Bertz CT molecular complexity index is 919. The first-order valence-corrected chi connectivity index (χ1v) is 12.2. The second kappa shape index (κ2) is 11.7. The van der Waals surface area contributed by atoms with Crippen molar-refractivity contribution in [3.05, 3.63) is 102 Å². The van der Waals surface area contributed by atoms with Crippen LogP contribution in [0.4, 0.5) is 0 Å². The van der Waals surface area contributed by atoms with Crippen molar-refractivity contribution in [3.63, 3.8) is 0 Å². The third-order valence-corrected chi connectivity index (χ3v) is 7.28. The number of benzene rings is 3. The molecule has 0 N–H and O–H groups in total. The molecule has 5 atom stereocenters. The van der Waals surface area contributed by atoms with Gasteiger partial charge in [0.05, 0.1) is 25.9 Å². The van der Waals surface area contributed by atoms with Crippen molar-refractivity contribution in [2.45, 2.75) is 49.6 Å². The minimum Gasteiger partial charge on any atom is -0.370 e. The summed E-state index contributed by atoms with van der Waals surface area (Å²) in [7, 11) is 0. The molecule has 168 valence electrons. The lowest BCUT2D eigenvalue weighted by Gasteiger charge is -2.34.